The molecule has 1 amide bonds. The van der Waals surface area contributed by atoms with Gasteiger partial charge in [0, 0.05) is 23.8 Å². The largest absolute Gasteiger partial charge is 0.479 e. The number of amides is 1. The van der Waals surface area contributed by atoms with Gasteiger partial charge in [0.2, 0.25) is 0 Å². The molecule has 0 heterocycles. The molecule has 0 aliphatic heterocycles. The number of likely N-dealkylation sites (N-methyl/N-ethyl adjacent to an activating group) is 1. The molecule has 0 bridgehead atoms. The first-order chi connectivity index (χ1) is 9.70. The highest BCUT2D eigenvalue weighted by Crippen LogP contribution is 2.29. The van der Waals surface area contributed by atoms with Gasteiger partial charge in [0.05, 0.1) is 0 Å². The van der Waals surface area contributed by atoms with Gasteiger partial charge in [-0.15, -0.1) is 0 Å². The summed E-state index contributed by atoms with van der Waals surface area (Å²) < 4.78 is 28.7. The van der Waals surface area contributed by atoms with Gasteiger partial charge >= 0.3 is 0 Å². The first-order valence-corrected chi connectivity index (χ1v) is 9.02. The Kier molecular flexibility index (Phi) is 6.04. The minimum atomic E-state index is -3.94. The third-order valence-corrected chi connectivity index (χ3v) is 4.43. The molecule has 0 aliphatic rings. The van der Waals surface area contributed by atoms with Gasteiger partial charge in [-0.2, -0.15) is 0 Å². The molecule has 0 fully saturated rings. The highest BCUT2D eigenvalue weighted by molar-refractivity contribution is 8.13. The van der Waals surface area contributed by atoms with E-state index in [2.05, 4.69) is 0 Å². The number of benzene rings is 1. The highest BCUT2D eigenvalue weighted by Gasteiger charge is 2.23. The van der Waals surface area contributed by atoms with Gasteiger partial charge in [0.15, 0.2) is 6.10 Å². The minimum absolute atomic E-state index is 0.0867. The summed E-state index contributed by atoms with van der Waals surface area (Å²) in [5.41, 5.74) is 0.740. The number of ether oxygens (including phenoxy) is 1. The molecule has 0 aromatic heterocycles. The number of hydrogen-bond acceptors (Lipinski definition) is 4. The van der Waals surface area contributed by atoms with E-state index in [1.165, 1.54) is 12.1 Å². The normalized spacial score (nSPS) is 12.8. The standard InChI is InChI=1S/C14H20ClNO4S/c1-5-16(6-2)14(17)11(4)20-12-8-7-10(3)9-13(12)21(15,18)19/h7-9,11H,5-6H2,1-4H3. The van der Waals surface area contributed by atoms with Crippen LogP contribution in [0.5, 0.6) is 5.75 Å². The molecular formula is C14H20ClNO4S. The lowest BCUT2D eigenvalue weighted by atomic mass is 10.2. The van der Waals surface area contributed by atoms with Gasteiger partial charge in [0.25, 0.3) is 15.0 Å². The molecule has 1 unspecified atom stereocenters. The molecule has 0 radical (unpaired) electrons. The van der Waals surface area contributed by atoms with E-state index in [9.17, 15) is 13.2 Å². The number of aryl methyl sites for hydroxylation is 1. The lowest BCUT2D eigenvalue weighted by molar-refractivity contribution is -0.137. The average molecular weight is 334 g/mol. The van der Waals surface area contributed by atoms with Crippen molar-refractivity contribution < 1.29 is 17.9 Å². The summed E-state index contributed by atoms with van der Waals surface area (Å²) in [4.78, 5) is 13.7. The second-order valence-electron chi connectivity index (χ2n) is 4.66. The van der Waals surface area contributed by atoms with E-state index >= 15 is 0 Å². The number of carbonyl (C=O) groups is 1. The Balaban J connectivity index is 3.06. The maximum atomic E-state index is 12.2. The first-order valence-electron chi connectivity index (χ1n) is 6.71. The van der Waals surface area contributed by atoms with Crippen LogP contribution in [0.3, 0.4) is 0 Å². The fourth-order valence-corrected chi connectivity index (χ4v) is 2.98. The van der Waals surface area contributed by atoms with Crippen molar-refractivity contribution >= 4 is 25.6 Å². The summed E-state index contributed by atoms with van der Waals surface area (Å²) in [6, 6.07) is 4.64. The van der Waals surface area contributed by atoms with Crippen molar-refractivity contribution in [1.82, 2.24) is 4.90 Å². The minimum Gasteiger partial charge on any atom is -0.479 e. The Labute approximate surface area is 130 Å². The number of nitrogens with zero attached hydrogens (tertiary/aromatic N) is 1. The Morgan fingerprint density at radius 1 is 1.33 bits per heavy atom. The Hall–Kier alpha value is -1.27. The summed E-state index contributed by atoms with van der Waals surface area (Å²) >= 11 is 0. The van der Waals surface area contributed by atoms with E-state index in [0.29, 0.717) is 13.1 Å². The zero-order valence-electron chi connectivity index (χ0n) is 12.6. The molecule has 0 aliphatic carbocycles. The molecule has 5 nitrogen and oxygen atoms in total. The molecule has 1 aromatic rings. The van der Waals surface area contributed by atoms with Crippen molar-refractivity contribution in [2.24, 2.45) is 0 Å². The fraction of sp³-hybridized carbons (Fsp3) is 0.500. The third-order valence-electron chi connectivity index (χ3n) is 3.09. The molecule has 0 N–H and O–H groups in total. The van der Waals surface area contributed by atoms with Crippen LogP contribution in [0, 0.1) is 6.92 Å². The second kappa shape index (κ2) is 7.13. The van der Waals surface area contributed by atoms with Crippen LogP contribution in [0.4, 0.5) is 0 Å². The number of carbonyl (C=O) groups excluding carboxylic acids is 1. The lowest BCUT2D eigenvalue weighted by Gasteiger charge is -2.24. The van der Waals surface area contributed by atoms with Crippen molar-refractivity contribution in [2.45, 2.75) is 38.7 Å². The monoisotopic (exact) mass is 333 g/mol. The van der Waals surface area contributed by atoms with Gasteiger partial charge < -0.3 is 9.64 Å². The van der Waals surface area contributed by atoms with E-state index in [0.717, 1.165) is 5.56 Å². The van der Waals surface area contributed by atoms with Crippen molar-refractivity contribution in [3.05, 3.63) is 23.8 Å². The van der Waals surface area contributed by atoms with Gasteiger partial charge in [-0.25, -0.2) is 8.42 Å². The summed E-state index contributed by atoms with van der Waals surface area (Å²) in [6.07, 6.45) is -0.787. The number of hydrogen-bond donors (Lipinski definition) is 0. The molecule has 1 aromatic carbocycles. The van der Waals surface area contributed by atoms with E-state index in [1.807, 2.05) is 13.8 Å². The lowest BCUT2D eigenvalue weighted by Crippen LogP contribution is -2.40. The average Bonchev–Trinajstić information content (AvgIpc) is 2.40. The molecular weight excluding hydrogens is 314 g/mol. The van der Waals surface area contributed by atoms with Crippen LogP contribution in [-0.2, 0) is 13.8 Å². The van der Waals surface area contributed by atoms with Crippen molar-refractivity contribution in [2.75, 3.05) is 13.1 Å². The van der Waals surface area contributed by atoms with E-state index in [-0.39, 0.29) is 16.6 Å². The SMILES string of the molecule is CCN(CC)C(=O)C(C)Oc1ccc(C)cc1S(=O)(=O)Cl. The van der Waals surface area contributed by atoms with Gasteiger partial charge in [-0.3, -0.25) is 4.79 Å². The second-order valence-corrected chi connectivity index (χ2v) is 7.19. The molecule has 0 spiro atoms. The Bertz CT molecular complexity index is 611. The predicted octanol–water partition coefficient (Wildman–Crippen LogP) is 2.56. The van der Waals surface area contributed by atoms with Crippen LogP contribution in [0.1, 0.15) is 26.3 Å². The maximum absolute atomic E-state index is 12.2. The zero-order valence-corrected chi connectivity index (χ0v) is 14.2. The van der Waals surface area contributed by atoms with Crippen LogP contribution >= 0.6 is 10.7 Å². The summed E-state index contributed by atoms with van der Waals surface area (Å²) in [6.45, 7) is 8.21. The van der Waals surface area contributed by atoms with Crippen molar-refractivity contribution in [1.29, 1.82) is 0 Å². The predicted molar refractivity (Wildman–Crippen MR) is 82.2 cm³/mol. The molecule has 7 heteroatoms. The maximum Gasteiger partial charge on any atom is 0.264 e. The van der Waals surface area contributed by atoms with E-state index in [1.54, 1.807) is 24.8 Å². The number of rotatable bonds is 6. The van der Waals surface area contributed by atoms with E-state index < -0.39 is 15.2 Å². The van der Waals surface area contributed by atoms with Crippen LogP contribution in [0.25, 0.3) is 0 Å². The summed E-state index contributed by atoms with van der Waals surface area (Å²) in [5, 5.41) is 0. The van der Waals surface area contributed by atoms with Crippen LogP contribution in [0.15, 0.2) is 23.1 Å². The van der Waals surface area contributed by atoms with Gasteiger partial charge in [-0.05, 0) is 45.4 Å². The van der Waals surface area contributed by atoms with Gasteiger partial charge in [-0.1, -0.05) is 6.07 Å². The molecule has 118 valence electrons. The molecule has 0 saturated heterocycles. The third kappa shape index (κ3) is 4.61. The fourth-order valence-electron chi connectivity index (χ4n) is 1.94. The van der Waals surface area contributed by atoms with Crippen LogP contribution < -0.4 is 4.74 Å². The quantitative estimate of drug-likeness (QED) is 0.750. The number of halogens is 1. The topological polar surface area (TPSA) is 63.7 Å². The zero-order chi connectivity index (χ0) is 16.2. The summed E-state index contributed by atoms with van der Waals surface area (Å²) in [5.74, 6) is -0.109. The first kappa shape index (κ1) is 17.8. The van der Waals surface area contributed by atoms with Crippen LogP contribution in [-0.4, -0.2) is 38.4 Å². The van der Waals surface area contributed by atoms with E-state index in [4.69, 9.17) is 15.4 Å². The smallest absolute Gasteiger partial charge is 0.264 e. The Morgan fingerprint density at radius 2 is 1.90 bits per heavy atom. The van der Waals surface area contributed by atoms with Gasteiger partial charge in [0.1, 0.15) is 10.6 Å². The Morgan fingerprint density at radius 3 is 2.38 bits per heavy atom. The summed E-state index contributed by atoms with van der Waals surface area (Å²) in [7, 11) is 1.48. The molecule has 21 heavy (non-hydrogen) atoms. The van der Waals surface area contributed by atoms with Crippen molar-refractivity contribution in [3.63, 3.8) is 0 Å². The van der Waals surface area contributed by atoms with Crippen molar-refractivity contribution in [3.8, 4) is 5.75 Å². The molecule has 1 rings (SSSR count). The molecule has 1 atom stereocenters. The van der Waals surface area contributed by atoms with Crippen LogP contribution in [0.2, 0.25) is 0 Å². The highest BCUT2D eigenvalue weighted by atomic mass is 35.7. The molecule has 0 saturated carbocycles.